The lowest BCUT2D eigenvalue weighted by Crippen LogP contribution is -2.46. The second-order valence-electron chi connectivity index (χ2n) is 4.80. The van der Waals surface area contributed by atoms with Crippen molar-refractivity contribution < 1.29 is 4.79 Å². The van der Waals surface area contributed by atoms with E-state index in [-0.39, 0.29) is 11.9 Å². The molecule has 0 bridgehead atoms. The number of hydrogen-bond acceptors (Lipinski definition) is 2. The van der Waals surface area contributed by atoms with E-state index in [0.29, 0.717) is 0 Å². The second kappa shape index (κ2) is 6.04. The zero-order valence-electron chi connectivity index (χ0n) is 9.93. The summed E-state index contributed by atoms with van der Waals surface area (Å²) in [5, 5.41) is 6.31. The van der Waals surface area contributed by atoms with Crippen LogP contribution < -0.4 is 10.6 Å². The molecule has 2 rings (SSSR count). The van der Waals surface area contributed by atoms with E-state index in [0.717, 1.165) is 25.9 Å². The highest BCUT2D eigenvalue weighted by atomic mass is 16.2. The molecule has 1 aliphatic carbocycles. The van der Waals surface area contributed by atoms with Crippen molar-refractivity contribution in [2.45, 2.75) is 51.0 Å². The molecule has 2 N–H and O–H groups in total. The lowest BCUT2D eigenvalue weighted by Gasteiger charge is -2.22. The van der Waals surface area contributed by atoms with Crippen LogP contribution in [0.3, 0.4) is 0 Å². The minimum Gasteiger partial charge on any atom is -0.354 e. The predicted octanol–water partition coefficient (Wildman–Crippen LogP) is 1.75. The van der Waals surface area contributed by atoms with Crippen LogP contribution in [0.4, 0.5) is 0 Å². The second-order valence-corrected chi connectivity index (χ2v) is 4.80. The zero-order chi connectivity index (χ0) is 11.2. The Kier molecular flexibility index (Phi) is 4.40. The van der Waals surface area contributed by atoms with Crippen LogP contribution in [0.25, 0.3) is 0 Å². The molecule has 1 heterocycles. The maximum atomic E-state index is 11.8. The van der Waals surface area contributed by atoms with Gasteiger partial charge in [-0.2, -0.15) is 0 Å². The fraction of sp³-hybridized carbons (Fsp3) is 0.769. The third kappa shape index (κ3) is 3.34. The molecule has 0 unspecified atom stereocenters. The zero-order valence-corrected chi connectivity index (χ0v) is 9.93. The molecular formula is C13H22N2O. The van der Waals surface area contributed by atoms with Crippen LogP contribution >= 0.6 is 0 Å². The number of allylic oxidation sites excluding steroid dienone is 1. The van der Waals surface area contributed by atoms with Crippen LogP contribution in [0.2, 0.25) is 0 Å². The molecule has 2 aliphatic rings. The number of nitrogens with one attached hydrogen (secondary N) is 2. The summed E-state index contributed by atoms with van der Waals surface area (Å²) in [6.07, 6.45) is 10.5. The van der Waals surface area contributed by atoms with Crippen LogP contribution in [0.15, 0.2) is 11.6 Å². The molecule has 0 aromatic rings. The van der Waals surface area contributed by atoms with Gasteiger partial charge in [-0.3, -0.25) is 4.79 Å². The number of carbonyl (C=O) groups is 1. The Balaban J connectivity index is 1.63. The van der Waals surface area contributed by atoms with E-state index in [1.54, 1.807) is 0 Å². The highest BCUT2D eigenvalue weighted by Gasteiger charge is 2.19. The van der Waals surface area contributed by atoms with Gasteiger partial charge in [0.1, 0.15) is 0 Å². The van der Waals surface area contributed by atoms with Gasteiger partial charge in [0.2, 0.25) is 5.91 Å². The van der Waals surface area contributed by atoms with Gasteiger partial charge in [-0.05, 0) is 45.1 Å². The number of carbonyl (C=O) groups excluding carboxylic acids is 1. The maximum absolute atomic E-state index is 11.8. The standard InChI is InChI=1S/C13H22N2O/c16-13(12-7-3-4-9-14-12)15-10-8-11-5-1-2-6-11/h5,12,14H,1-4,6-10H2,(H,15,16)/t12-/m1/s1. The molecule has 3 nitrogen and oxygen atoms in total. The Labute approximate surface area is 97.7 Å². The van der Waals surface area contributed by atoms with Crippen molar-refractivity contribution in [1.82, 2.24) is 10.6 Å². The van der Waals surface area contributed by atoms with E-state index in [1.165, 1.54) is 37.7 Å². The van der Waals surface area contributed by atoms with Crippen molar-refractivity contribution in [2.24, 2.45) is 0 Å². The van der Waals surface area contributed by atoms with E-state index in [1.807, 2.05) is 0 Å². The smallest absolute Gasteiger partial charge is 0.237 e. The largest absolute Gasteiger partial charge is 0.354 e. The fourth-order valence-electron chi connectivity index (χ4n) is 2.51. The van der Waals surface area contributed by atoms with Gasteiger partial charge >= 0.3 is 0 Å². The molecule has 1 amide bonds. The first-order valence-corrected chi connectivity index (χ1v) is 6.55. The van der Waals surface area contributed by atoms with Gasteiger partial charge in [0.25, 0.3) is 0 Å². The van der Waals surface area contributed by atoms with Crippen molar-refractivity contribution in [3.05, 3.63) is 11.6 Å². The first-order valence-electron chi connectivity index (χ1n) is 6.55. The molecular weight excluding hydrogens is 200 g/mol. The molecule has 3 heteroatoms. The van der Waals surface area contributed by atoms with Crippen molar-refractivity contribution in [3.8, 4) is 0 Å². The molecule has 1 aliphatic heterocycles. The van der Waals surface area contributed by atoms with Gasteiger partial charge in [0, 0.05) is 6.54 Å². The minimum absolute atomic E-state index is 0.0614. The van der Waals surface area contributed by atoms with Gasteiger partial charge < -0.3 is 10.6 Å². The molecule has 0 aromatic carbocycles. The Morgan fingerprint density at radius 3 is 3.06 bits per heavy atom. The lowest BCUT2D eigenvalue weighted by molar-refractivity contribution is -0.123. The first kappa shape index (κ1) is 11.6. The van der Waals surface area contributed by atoms with Gasteiger partial charge in [-0.1, -0.05) is 18.1 Å². The SMILES string of the molecule is O=C(NCCC1=CCCC1)[C@H]1CCCCN1. The fourth-order valence-corrected chi connectivity index (χ4v) is 2.51. The lowest BCUT2D eigenvalue weighted by atomic mass is 10.0. The Morgan fingerprint density at radius 2 is 2.38 bits per heavy atom. The van der Waals surface area contributed by atoms with Crippen LogP contribution in [-0.4, -0.2) is 25.0 Å². The summed E-state index contributed by atoms with van der Waals surface area (Å²) >= 11 is 0. The molecule has 1 atom stereocenters. The highest BCUT2D eigenvalue weighted by molar-refractivity contribution is 5.81. The summed E-state index contributed by atoms with van der Waals surface area (Å²) < 4.78 is 0. The minimum atomic E-state index is 0.0614. The van der Waals surface area contributed by atoms with Crippen molar-refractivity contribution in [1.29, 1.82) is 0 Å². The maximum Gasteiger partial charge on any atom is 0.237 e. The number of rotatable bonds is 4. The molecule has 0 aromatic heterocycles. The van der Waals surface area contributed by atoms with Crippen LogP contribution in [0.1, 0.15) is 44.9 Å². The van der Waals surface area contributed by atoms with Crippen LogP contribution in [0, 0.1) is 0 Å². The van der Waals surface area contributed by atoms with E-state index in [2.05, 4.69) is 16.7 Å². The predicted molar refractivity (Wildman–Crippen MR) is 65.2 cm³/mol. The van der Waals surface area contributed by atoms with Gasteiger partial charge in [0.15, 0.2) is 0 Å². The van der Waals surface area contributed by atoms with Gasteiger partial charge in [-0.15, -0.1) is 0 Å². The molecule has 90 valence electrons. The summed E-state index contributed by atoms with van der Waals surface area (Å²) in [5.74, 6) is 0.193. The third-order valence-electron chi connectivity index (χ3n) is 3.51. The average Bonchev–Trinajstić information content (AvgIpc) is 2.83. The number of piperidine rings is 1. The van der Waals surface area contributed by atoms with E-state index >= 15 is 0 Å². The molecule has 0 saturated carbocycles. The van der Waals surface area contributed by atoms with E-state index < -0.39 is 0 Å². The van der Waals surface area contributed by atoms with Crippen molar-refractivity contribution in [2.75, 3.05) is 13.1 Å². The van der Waals surface area contributed by atoms with E-state index in [9.17, 15) is 4.79 Å². The summed E-state index contributed by atoms with van der Waals surface area (Å²) in [7, 11) is 0. The summed E-state index contributed by atoms with van der Waals surface area (Å²) in [6, 6.07) is 0.0614. The average molecular weight is 222 g/mol. The van der Waals surface area contributed by atoms with Crippen LogP contribution in [0.5, 0.6) is 0 Å². The molecule has 0 radical (unpaired) electrons. The summed E-state index contributed by atoms with van der Waals surface area (Å²) in [6.45, 7) is 1.80. The van der Waals surface area contributed by atoms with E-state index in [4.69, 9.17) is 0 Å². The molecule has 1 saturated heterocycles. The monoisotopic (exact) mass is 222 g/mol. The number of hydrogen-bond donors (Lipinski definition) is 2. The Morgan fingerprint density at radius 1 is 1.44 bits per heavy atom. The highest BCUT2D eigenvalue weighted by Crippen LogP contribution is 2.19. The molecule has 16 heavy (non-hydrogen) atoms. The first-order chi connectivity index (χ1) is 7.86. The van der Waals surface area contributed by atoms with Crippen molar-refractivity contribution in [3.63, 3.8) is 0 Å². The Bertz CT molecular complexity index is 267. The van der Waals surface area contributed by atoms with Gasteiger partial charge in [0.05, 0.1) is 6.04 Å². The topological polar surface area (TPSA) is 41.1 Å². The molecule has 0 spiro atoms. The Hall–Kier alpha value is -0.830. The third-order valence-corrected chi connectivity index (χ3v) is 3.51. The summed E-state index contributed by atoms with van der Waals surface area (Å²) in [5.41, 5.74) is 1.52. The quantitative estimate of drug-likeness (QED) is 0.711. The van der Waals surface area contributed by atoms with Gasteiger partial charge in [-0.25, -0.2) is 0 Å². The van der Waals surface area contributed by atoms with Crippen molar-refractivity contribution >= 4 is 5.91 Å². The normalized spacial score (nSPS) is 25.2. The van der Waals surface area contributed by atoms with Crippen LogP contribution in [-0.2, 0) is 4.79 Å². The molecule has 1 fully saturated rings. The summed E-state index contributed by atoms with van der Waals surface area (Å²) in [4.78, 5) is 11.8. The number of amides is 1.